The molecule has 2 aromatic carbocycles. The van der Waals surface area contributed by atoms with E-state index in [1.807, 2.05) is 0 Å². The van der Waals surface area contributed by atoms with E-state index in [0.29, 0.717) is 46.9 Å². The molecule has 1 amide bonds. The van der Waals surface area contributed by atoms with Gasteiger partial charge in [-0.3, -0.25) is 10.0 Å². The van der Waals surface area contributed by atoms with Gasteiger partial charge in [-0.05, 0) is 37.1 Å². The van der Waals surface area contributed by atoms with Crippen molar-refractivity contribution in [2.75, 3.05) is 19.0 Å². The molecule has 0 fully saturated rings. The summed E-state index contributed by atoms with van der Waals surface area (Å²) in [5.41, 5.74) is 2.91. The lowest BCUT2D eigenvalue weighted by Crippen LogP contribution is -2.25. The van der Waals surface area contributed by atoms with Gasteiger partial charge in [-0.1, -0.05) is 31.4 Å². The number of methoxy groups -OCH3 is 1. The lowest BCUT2D eigenvalue weighted by molar-refractivity contribution is -0.133. The third-order valence-corrected chi connectivity index (χ3v) is 5.49. The number of benzene rings is 2. The minimum absolute atomic E-state index is 0.00966. The van der Waals surface area contributed by atoms with E-state index in [1.54, 1.807) is 37.7 Å². The highest BCUT2D eigenvalue weighted by atomic mass is 35.5. The number of fused-ring (bicyclic) bond motifs is 1. The zero-order chi connectivity index (χ0) is 23.8. The Balaban J connectivity index is 1.68. The van der Waals surface area contributed by atoms with Crippen LogP contribution in [-0.2, 0) is 4.79 Å². The van der Waals surface area contributed by atoms with E-state index < -0.39 is 5.82 Å². The van der Waals surface area contributed by atoms with Crippen molar-refractivity contribution in [2.45, 2.75) is 32.6 Å². The Morgan fingerprint density at radius 2 is 2.00 bits per heavy atom. The zero-order valence-electron chi connectivity index (χ0n) is 18.4. The molecular weight excluding hydrogens is 451 g/mol. The largest absolute Gasteiger partial charge is 0.493 e. The molecule has 0 bridgehead atoms. The molecular formula is C23H26ClFN4O4. The van der Waals surface area contributed by atoms with Gasteiger partial charge in [-0.15, -0.1) is 0 Å². The second-order valence-electron chi connectivity index (χ2n) is 7.57. The number of carbonyl (C=O) groups excluding carboxylic acids is 1. The topological polar surface area (TPSA) is 106 Å². The molecule has 0 saturated carbocycles. The van der Waals surface area contributed by atoms with E-state index in [4.69, 9.17) is 26.3 Å². The molecule has 3 aromatic rings. The van der Waals surface area contributed by atoms with Crippen LogP contribution >= 0.6 is 11.6 Å². The number of amides is 1. The molecule has 3 rings (SSSR count). The molecule has 1 heterocycles. The lowest BCUT2D eigenvalue weighted by atomic mass is 10.0. The first-order chi connectivity index (χ1) is 15.9. The van der Waals surface area contributed by atoms with Crippen molar-refractivity contribution in [2.24, 2.45) is 5.92 Å². The summed E-state index contributed by atoms with van der Waals surface area (Å²) in [5, 5.41) is 12.5. The SMILES string of the molecule is COc1cc2ncnc(Nc3ccc(F)c(Cl)c3)c2cc1OCCCCCC(C)C(=O)NO. The van der Waals surface area contributed by atoms with Gasteiger partial charge in [0.15, 0.2) is 11.5 Å². The number of rotatable bonds is 11. The fourth-order valence-corrected chi connectivity index (χ4v) is 3.48. The van der Waals surface area contributed by atoms with Crippen LogP contribution in [0.4, 0.5) is 15.9 Å². The van der Waals surface area contributed by atoms with Gasteiger partial charge in [-0.2, -0.15) is 0 Å². The molecule has 0 spiro atoms. The molecule has 10 heteroatoms. The van der Waals surface area contributed by atoms with Crippen molar-refractivity contribution in [3.05, 3.63) is 47.5 Å². The van der Waals surface area contributed by atoms with Crippen LogP contribution in [0, 0.1) is 11.7 Å². The predicted octanol–water partition coefficient (Wildman–Crippen LogP) is 5.26. The summed E-state index contributed by atoms with van der Waals surface area (Å²) >= 11 is 5.88. The summed E-state index contributed by atoms with van der Waals surface area (Å²) in [4.78, 5) is 19.9. The highest BCUT2D eigenvalue weighted by Crippen LogP contribution is 2.35. The average Bonchev–Trinajstić information content (AvgIpc) is 2.82. The monoisotopic (exact) mass is 476 g/mol. The Kier molecular flexibility index (Phi) is 8.62. The van der Waals surface area contributed by atoms with Crippen molar-refractivity contribution >= 4 is 39.9 Å². The van der Waals surface area contributed by atoms with Crippen molar-refractivity contribution in [1.29, 1.82) is 0 Å². The maximum absolute atomic E-state index is 13.5. The van der Waals surface area contributed by atoms with Crippen LogP contribution in [0.5, 0.6) is 11.5 Å². The number of nitrogens with one attached hydrogen (secondary N) is 2. The Labute approximate surface area is 196 Å². The fourth-order valence-electron chi connectivity index (χ4n) is 3.30. The van der Waals surface area contributed by atoms with Crippen LogP contribution in [0.25, 0.3) is 10.9 Å². The Morgan fingerprint density at radius 3 is 2.73 bits per heavy atom. The maximum Gasteiger partial charge on any atom is 0.246 e. The number of carbonyl (C=O) groups is 1. The molecule has 176 valence electrons. The second kappa shape index (κ2) is 11.6. The second-order valence-corrected chi connectivity index (χ2v) is 7.98. The van der Waals surface area contributed by atoms with Gasteiger partial charge in [0.2, 0.25) is 5.91 Å². The summed E-state index contributed by atoms with van der Waals surface area (Å²) in [6, 6.07) is 7.90. The van der Waals surface area contributed by atoms with Gasteiger partial charge in [0.25, 0.3) is 0 Å². The van der Waals surface area contributed by atoms with Gasteiger partial charge >= 0.3 is 0 Å². The van der Waals surface area contributed by atoms with Crippen molar-refractivity contribution in [3.63, 3.8) is 0 Å². The molecule has 1 atom stereocenters. The summed E-state index contributed by atoms with van der Waals surface area (Å²) < 4.78 is 24.9. The molecule has 1 aromatic heterocycles. The summed E-state index contributed by atoms with van der Waals surface area (Å²) in [6.07, 6.45) is 4.62. The van der Waals surface area contributed by atoms with Gasteiger partial charge in [0.1, 0.15) is 18.0 Å². The molecule has 3 N–H and O–H groups in total. The van der Waals surface area contributed by atoms with Gasteiger partial charge in [-0.25, -0.2) is 19.8 Å². The van der Waals surface area contributed by atoms with Crippen LogP contribution in [0.3, 0.4) is 0 Å². The predicted molar refractivity (Wildman–Crippen MR) is 124 cm³/mol. The van der Waals surface area contributed by atoms with E-state index in [-0.39, 0.29) is 16.8 Å². The number of unbranched alkanes of at least 4 members (excludes halogenated alkanes) is 2. The number of hydrogen-bond acceptors (Lipinski definition) is 7. The smallest absolute Gasteiger partial charge is 0.246 e. The molecule has 0 aliphatic carbocycles. The number of ether oxygens (including phenoxy) is 2. The molecule has 33 heavy (non-hydrogen) atoms. The minimum Gasteiger partial charge on any atom is -0.493 e. The average molecular weight is 477 g/mol. The Hall–Kier alpha value is -3.17. The molecule has 0 aliphatic heterocycles. The van der Waals surface area contributed by atoms with Crippen LogP contribution in [0.1, 0.15) is 32.6 Å². The van der Waals surface area contributed by atoms with Gasteiger partial charge in [0, 0.05) is 23.1 Å². The quantitative estimate of drug-likeness (QED) is 0.197. The minimum atomic E-state index is -0.499. The molecule has 8 nitrogen and oxygen atoms in total. The third kappa shape index (κ3) is 6.43. The Morgan fingerprint density at radius 1 is 1.18 bits per heavy atom. The van der Waals surface area contributed by atoms with E-state index in [1.165, 1.54) is 18.5 Å². The molecule has 1 unspecified atom stereocenters. The number of nitrogens with zero attached hydrogens (tertiary/aromatic N) is 2. The number of hydrogen-bond donors (Lipinski definition) is 3. The highest BCUT2D eigenvalue weighted by molar-refractivity contribution is 6.31. The van der Waals surface area contributed by atoms with E-state index in [2.05, 4.69) is 15.3 Å². The van der Waals surface area contributed by atoms with E-state index in [9.17, 15) is 9.18 Å². The van der Waals surface area contributed by atoms with Crippen molar-refractivity contribution < 1.29 is 23.9 Å². The number of hydroxylamine groups is 1. The number of anilines is 2. The third-order valence-electron chi connectivity index (χ3n) is 5.20. The van der Waals surface area contributed by atoms with E-state index in [0.717, 1.165) is 19.3 Å². The molecule has 0 saturated heterocycles. The number of aromatic nitrogens is 2. The Bertz CT molecular complexity index is 1120. The fraction of sp³-hybridized carbons (Fsp3) is 0.348. The number of halogens is 2. The summed E-state index contributed by atoms with van der Waals surface area (Å²) in [5.74, 6) is 0.506. The first-order valence-electron chi connectivity index (χ1n) is 10.5. The summed E-state index contributed by atoms with van der Waals surface area (Å²) in [7, 11) is 1.56. The first-order valence-corrected chi connectivity index (χ1v) is 10.9. The van der Waals surface area contributed by atoms with Crippen LogP contribution in [0.2, 0.25) is 5.02 Å². The van der Waals surface area contributed by atoms with Gasteiger partial charge < -0.3 is 14.8 Å². The van der Waals surface area contributed by atoms with Crippen LogP contribution in [0.15, 0.2) is 36.7 Å². The molecule has 0 aliphatic rings. The standard InChI is InChI=1S/C23H26ClFN4O4/c1-14(23(30)29-31)6-4-3-5-9-33-21-11-16-19(12-20(21)32-2)26-13-27-22(16)28-15-7-8-18(25)17(24)10-15/h7-8,10-14,31H,3-6,9H2,1-2H3,(H,29,30)(H,26,27,28). The maximum atomic E-state index is 13.5. The van der Waals surface area contributed by atoms with Gasteiger partial charge in [0.05, 0.1) is 24.3 Å². The highest BCUT2D eigenvalue weighted by Gasteiger charge is 2.13. The normalized spacial score (nSPS) is 11.8. The zero-order valence-corrected chi connectivity index (χ0v) is 19.2. The van der Waals surface area contributed by atoms with Crippen LogP contribution < -0.4 is 20.3 Å². The van der Waals surface area contributed by atoms with E-state index >= 15 is 0 Å². The lowest BCUT2D eigenvalue weighted by Gasteiger charge is -2.14. The van der Waals surface area contributed by atoms with Crippen LogP contribution in [-0.4, -0.2) is 34.8 Å². The van der Waals surface area contributed by atoms with Crippen molar-refractivity contribution in [3.8, 4) is 11.5 Å². The first kappa shape index (κ1) is 24.5. The molecule has 0 radical (unpaired) electrons. The van der Waals surface area contributed by atoms with Crippen molar-refractivity contribution in [1.82, 2.24) is 15.4 Å². The summed E-state index contributed by atoms with van der Waals surface area (Å²) in [6.45, 7) is 2.24.